The van der Waals surface area contributed by atoms with Crippen molar-refractivity contribution in [1.29, 1.82) is 0 Å². The van der Waals surface area contributed by atoms with Crippen molar-refractivity contribution < 1.29 is 20.4 Å². The summed E-state index contributed by atoms with van der Waals surface area (Å²) in [6, 6.07) is 11.9. The fraction of sp³-hybridized carbons (Fsp3) is 0.636. The zero-order chi connectivity index (χ0) is 28.8. The van der Waals surface area contributed by atoms with E-state index in [1.54, 1.807) is 0 Å². The number of aliphatic hydroxyl groups is 4. The first-order valence-corrected chi connectivity index (χ1v) is 13.5. The van der Waals surface area contributed by atoms with Gasteiger partial charge in [0.15, 0.2) is 0 Å². The van der Waals surface area contributed by atoms with Crippen LogP contribution in [-0.2, 0) is 27.3 Å². The highest BCUT2D eigenvalue weighted by Crippen LogP contribution is 2.53. The van der Waals surface area contributed by atoms with E-state index >= 15 is 0 Å². The number of benzene rings is 2. The molecule has 0 aliphatic rings. The number of aliphatic hydroxyl groups excluding tert-OH is 3. The molecule has 208 valence electrons. The zero-order valence-corrected chi connectivity index (χ0v) is 25.4. The maximum absolute atomic E-state index is 13.3. The Morgan fingerprint density at radius 2 is 0.730 bits per heavy atom. The molecule has 2 aromatic carbocycles. The first kappa shape index (κ1) is 31.5. The van der Waals surface area contributed by atoms with Crippen molar-refractivity contribution in [2.24, 2.45) is 5.41 Å². The fourth-order valence-corrected chi connectivity index (χ4v) is 5.78. The van der Waals surface area contributed by atoms with E-state index in [2.05, 4.69) is 95.2 Å². The number of rotatable bonds is 6. The summed E-state index contributed by atoms with van der Waals surface area (Å²) in [7, 11) is 0. The molecule has 0 aromatic heterocycles. The Kier molecular flexibility index (Phi) is 8.61. The van der Waals surface area contributed by atoms with Crippen LogP contribution in [0.15, 0.2) is 36.4 Å². The van der Waals surface area contributed by atoms with Crippen LogP contribution in [0.5, 0.6) is 0 Å². The minimum Gasteiger partial charge on any atom is -0.395 e. The highest BCUT2D eigenvalue weighted by atomic mass is 16.3. The van der Waals surface area contributed by atoms with Crippen molar-refractivity contribution >= 4 is 0 Å². The van der Waals surface area contributed by atoms with Crippen LogP contribution >= 0.6 is 0 Å². The molecule has 0 saturated heterocycles. The van der Waals surface area contributed by atoms with Crippen molar-refractivity contribution in [3.8, 4) is 0 Å². The lowest BCUT2D eigenvalue weighted by Gasteiger charge is -2.50. The van der Waals surface area contributed by atoms with Crippen LogP contribution in [0.1, 0.15) is 116 Å². The Morgan fingerprint density at radius 1 is 0.459 bits per heavy atom. The Labute approximate surface area is 225 Å². The molecule has 0 amide bonds. The molecule has 0 radical (unpaired) electrons. The van der Waals surface area contributed by atoms with Crippen LogP contribution in [0.25, 0.3) is 0 Å². The van der Waals surface area contributed by atoms with Gasteiger partial charge in [-0.2, -0.15) is 0 Å². The van der Waals surface area contributed by atoms with Crippen LogP contribution in [0.3, 0.4) is 0 Å². The standard InChI is InChI=1S/C33H52O4/c1-28(2,3)22-15-13-17-24(26(22)30(7,8)9)33(37,32(19-34,20-35)21-36)25-18-14-16-23(29(4,5)6)27(25)31(10,11)12/h13-18,34-37H,19-21H2,1-12H3. The van der Waals surface area contributed by atoms with Crippen LogP contribution < -0.4 is 0 Å². The zero-order valence-electron chi connectivity index (χ0n) is 25.4. The summed E-state index contributed by atoms with van der Waals surface area (Å²) in [5, 5.41) is 45.7. The summed E-state index contributed by atoms with van der Waals surface area (Å²) >= 11 is 0. The van der Waals surface area contributed by atoms with Gasteiger partial charge in [-0.25, -0.2) is 0 Å². The monoisotopic (exact) mass is 512 g/mol. The van der Waals surface area contributed by atoms with Gasteiger partial charge < -0.3 is 20.4 Å². The average molecular weight is 513 g/mol. The van der Waals surface area contributed by atoms with Crippen molar-refractivity contribution in [1.82, 2.24) is 0 Å². The molecule has 0 bridgehead atoms. The molecule has 0 aliphatic heterocycles. The molecular formula is C33H52O4. The molecule has 0 heterocycles. The van der Waals surface area contributed by atoms with Crippen molar-refractivity contribution in [2.45, 2.75) is 110 Å². The topological polar surface area (TPSA) is 80.9 Å². The lowest BCUT2D eigenvalue weighted by atomic mass is 9.58. The Bertz CT molecular complexity index is 997. The second kappa shape index (κ2) is 10.1. The molecule has 4 heteroatoms. The van der Waals surface area contributed by atoms with Gasteiger partial charge in [0.2, 0.25) is 0 Å². The van der Waals surface area contributed by atoms with Crippen molar-refractivity contribution in [2.75, 3.05) is 19.8 Å². The Hall–Kier alpha value is -1.72. The van der Waals surface area contributed by atoms with E-state index in [0.29, 0.717) is 11.1 Å². The normalized spacial score (nSPS) is 14.3. The summed E-state index contributed by atoms with van der Waals surface area (Å²) in [4.78, 5) is 0. The third kappa shape index (κ3) is 5.54. The summed E-state index contributed by atoms with van der Waals surface area (Å²) < 4.78 is 0. The minimum atomic E-state index is -1.89. The van der Waals surface area contributed by atoms with Crippen LogP contribution in [-0.4, -0.2) is 40.2 Å². The van der Waals surface area contributed by atoms with Crippen molar-refractivity contribution in [3.63, 3.8) is 0 Å². The lowest BCUT2D eigenvalue weighted by molar-refractivity contribution is -0.137. The lowest BCUT2D eigenvalue weighted by Crippen LogP contribution is -2.56. The van der Waals surface area contributed by atoms with Gasteiger partial charge in [-0.3, -0.25) is 0 Å². The van der Waals surface area contributed by atoms with E-state index in [1.165, 1.54) is 0 Å². The molecule has 0 saturated carbocycles. The van der Waals surface area contributed by atoms with E-state index < -0.39 is 30.8 Å². The second-order valence-corrected chi connectivity index (χ2v) is 14.9. The van der Waals surface area contributed by atoms with E-state index in [4.69, 9.17) is 0 Å². The molecular weight excluding hydrogens is 460 g/mol. The quantitative estimate of drug-likeness (QED) is 0.378. The summed E-state index contributed by atoms with van der Waals surface area (Å²) in [5.41, 5.74) is 0.606. The van der Waals surface area contributed by atoms with Gasteiger partial charge in [-0.05, 0) is 55.0 Å². The van der Waals surface area contributed by atoms with E-state index in [-0.39, 0.29) is 21.7 Å². The van der Waals surface area contributed by atoms with E-state index in [0.717, 1.165) is 22.3 Å². The molecule has 2 aromatic rings. The largest absolute Gasteiger partial charge is 0.395 e. The first-order valence-electron chi connectivity index (χ1n) is 13.5. The maximum atomic E-state index is 13.3. The SMILES string of the molecule is CC(C)(C)c1cccc(C(O)(c2cccc(C(C)(C)C)c2C(C)(C)C)C(CO)(CO)CO)c1C(C)(C)C. The van der Waals surface area contributed by atoms with Gasteiger partial charge in [0.25, 0.3) is 0 Å². The fourth-order valence-electron chi connectivity index (χ4n) is 5.78. The molecule has 0 aliphatic carbocycles. The first-order chi connectivity index (χ1) is 16.6. The molecule has 37 heavy (non-hydrogen) atoms. The minimum absolute atomic E-state index is 0.222. The highest BCUT2D eigenvalue weighted by molar-refractivity contribution is 5.56. The smallest absolute Gasteiger partial charge is 0.127 e. The van der Waals surface area contributed by atoms with Gasteiger partial charge >= 0.3 is 0 Å². The molecule has 2 rings (SSSR count). The third-order valence-corrected chi connectivity index (χ3v) is 7.70. The molecule has 0 fully saturated rings. The van der Waals surface area contributed by atoms with Gasteiger partial charge in [-0.15, -0.1) is 0 Å². The second-order valence-electron chi connectivity index (χ2n) is 14.9. The Balaban J connectivity index is 3.35. The number of hydrogen-bond donors (Lipinski definition) is 4. The molecule has 4 N–H and O–H groups in total. The van der Waals surface area contributed by atoms with Crippen molar-refractivity contribution in [3.05, 3.63) is 69.8 Å². The predicted molar refractivity (Wildman–Crippen MR) is 154 cm³/mol. The highest BCUT2D eigenvalue weighted by Gasteiger charge is 2.56. The molecule has 0 unspecified atom stereocenters. The third-order valence-electron chi connectivity index (χ3n) is 7.70. The summed E-state index contributed by atoms with van der Waals surface area (Å²) in [6.07, 6.45) is 0. The van der Waals surface area contributed by atoms with Crippen LogP contribution in [0, 0.1) is 5.41 Å². The molecule has 4 nitrogen and oxygen atoms in total. The van der Waals surface area contributed by atoms with E-state index in [9.17, 15) is 20.4 Å². The number of hydrogen-bond acceptors (Lipinski definition) is 4. The van der Waals surface area contributed by atoms with Gasteiger partial charge in [-0.1, -0.05) is 119 Å². The summed E-state index contributed by atoms with van der Waals surface area (Å²) in [5.74, 6) is 0. The van der Waals surface area contributed by atoms with E-state index in [1.807, 2.05) is 24.3 Å². The maximum Gasteiger partial charge on any atom is 0.127 e. The predicted octanol–water partition coefficient (Wildman–Crippen LogP) is 6.08. The molecule has 0 spiro atoms. The summed E-state index contributed by atoms with van der Waals surface area (Å²) in [6.45, 7) is 23.9. The van der Waals surface area contributed by atoms with Gasteiger partial charge in [0, 0.05) is 0 Å². The van der Waals surface area contributed by atoms with Crippen LogP contribution in [0.4, 0.5) is 0 Å². The average Bonchev–Trinajstić information content (AvgIpc) is 2.77. The van der Waals surface area contributed by atoms with Crippen LogP contribution in [0.2, 0.25) is 0 Å². The van der Waals surface area contributed by atoms with Gasteiger partial charge in [0.05, 0.1) is 25.2 Å². The Morgan fingerprint density at radius 3 is 0.946 bits per heavy atom. The van der Waals surface area contributed by atoms with Gasteiger partial charge in [0.1, 0.15) is 5.60 Å². The molecule has 0 atom stereocenters.